The van der Waals surface area contributed by atoms with E-state index in [2.05, 4.69) is 5.32 Å². The number of hydrogen-bond acceptors (Lipinski definition) is 6. The van der Waals surface area contributed by atoms with Gasteiger partial charge in [0.1, 0.15) is 18.3 Å². The normalized spacial score (nSPS) is 46.4. The van der Waals surface area contributed by atoms with E-state index in [9.17, 15) is 15.3 Å². The molecule has 0 spiro atoms. The van der Waals surface area contributed by atoms with E-state index in [-0.39, 0.29) is 0 Å². The van der Waals surface area contributed by atoms with Crippen LogP contribution in [-0.4, -0.2) is 64.7 Å². The van der Waals surface area contributed by atoms with Crippen LogP contribution in [0.15, 0.2) is 0 Å². The molecule has 0 radical (unpaired) electrons. The van der Waals surface area contributed by atoms with Crippen molar-refractivity contribution in [2.45, 2.75) is 30.6 Å². The standard InChI is InChI=1S/C7H15NO5/c1-8-4-6(11)5(10)3(2-9)13-7(4)12/h3-12H,2H2,1H3/t3-,4-,5-,6-,7?/m0/s1. The third kappa shape index (κ3) is 1.98. The highest BCUT2D eigenvalue weighted by atomic mass is 16.6. The third-order valence-corrected chi connectivity index (χ3v) is 2.23. The molecule has 1 heterocycles. The Hall–Kier alpha value is -0.240. The Balaban J connectivity index is 2.66. The molecule has 0 bridgehead atoms. The van der Waals surface area contributed by atoms with Crippen LogP contribution in [0, 0.1) is 0 Å². The van der Waals surface area contributed by atoms with Gasteiger partial charge in [-0.15, -0.1) is 0 Å². The van der Waals surface area contributed by atoms with Crippen LogP contribution in [0.1, 0.15) is 0 Å². The number of ether oxygens (including phenoxy) is 1. The van der Waals surface area contributed by atoms with E-state index in [0.717, 1.165) is 0 Å². The first-order valence-electron chi connectivity index (χ1n) is 4.09. The van der Waals surface area contributed by atoms with Crippen LogP contribution in [0.2, 0.25) is 0 Å². The lowest BCUT2D eigenvalue weighted by Crippen LogP contribution is -2.62. The van der Waals surface area contributed by atoms with Crippen molar-refractivity contribution in [2.24, 2.45) is 0 Å². The molecule has 0 aromatic rings. The molecule has 1 saturated heterocycles. The molecule has 0 aliphatic carbocycles. The second-order valence-corrected chi connectivity index (χ2v) is 3.04. The minimum atomic E-state index is -1.22. The van der Waals surface area contributed by atoms with Gasteiger partial charge in [-0.05, 0) is 7.05 Å². The van der Waals surface area contributed by atoms with Gasteiger partial charge in [-0.1, -0.05) is 0 Å². The zero-order valence-electron chi connectivity index (χ0n) is 7.29. The van der Waals surface area contributed by atoms with Gasteiger partial charge in [0.05, 0.1) is 12.6 Å². The number of nitrogens with one attached hydrogen (secondary N) is 1. The average Bonchev–Trinajstić information content (AvgIpc) is 2.12. The summed E-state index contributed by atoms with van der Waals surface area (Å²) >= 11 is 0. The van der Waals surface area contributed by atoms with Crippen LogP contribution >= 0.6 is 0 Å². The second kappa shape index (κ2) is 4.32. The van der Waals surface area contributed by atoms with Crippen molar-refractivity contribution in [1.29, 1.82) is 0 Å². The molecule has 1 aliphatic rings. The monoisotopic (exact) mass is 193 g/mol. The van der Waals surface area contributed by atoms with E-state index in [0.29, 0.717) is 0 Å². The van der Waals surface area contributed by atoms with Gasteiger partial charge >= 0.3 is 0 Å². The smallest absolute Gasteiger partial charge is 0.173 e. The van der Waals surface area contributed by atoms with Crippen molar-refractivity contribution in [3.63, 3.8) is 0 Å². The molecule has 0 aromatic heterocycles. The Morgan fingerprint density at radius 1 is 1.23 bits per heavy atom. The van der Waals surface area contributed by atoms with Crippen LogP contribution in [0.5, 0.6) is 0 Å². The van der Waals surface area contributed by atoms with Gasteiger partial charge in [0.15, 0.2) is 6.29 Å². The SMILES string of the molecule is CN[C@@H]1C(O)O[C@@H](CO)[C@H](O)[C@H]1O. The van der Waals surface area contributed by atoms with Crippen LogP contribution in [0.4, 0.5) is 0 Å². The van der Waals surface area contributed by atoms with Crippen LogP contribution in [-0.2, 0) is 4.74 Å². The van der Waals surface area contributed by atoms with E-state index < -0.39 is 37.3 Å². The van der Waals surface area contributed by atoms with Crippen molar-refractivity contribution in [2.75, 3.05) is 13.7 Å². The van der Waals surface area contributed by atoms with Gasteiger partial charge < -0.3 is 30.5 Å². The molecule has 5 atom stereocenters. The molecule has 1 rings (SSSR count). The summed E-state index contributed by atoms with van der Waals surface area (Å²) in [4.78, 5) is 0. The average molecular weight is 193 g/mol. The summed E-state index contributed by atoms with van der Waals surface area (Å²) in [7, 11) is 1.53. The minimum Gasteiger partial charge on any atom is -0.394 e. The van der Waals surface area contributed by atoms with Crippen LogP contribution < -0.4 is 5.32 Å². The summed E-state index contributed by atoms with van der Waals surface area (Å²) < 4.78 is 4.85. The van der Waals surface area contributed by atoms with Crippen molar-refractivity contribution in [3.8, 4) is 0 Å². The number of hydrogen-bond donors (Lipinski definition) is 5. The maximum Gasteiger partial charge on any atom is 0.173 e. The van der Waals surface area contributed by atoms with Crippen molar-refractivity contribution < 1.29 is 25.2 Å². The van der Waals surface area contributed by atoms with Crippen LogP contribution in [0.25, 0.3) is 0 Å². The van der Waals surface area contributed by atoms with Gasteiger partial charge in [0.2, 0.25) is 0 Å². The fourth-order valence-corrected chi connectivity index (χ4v) is 1.41. The van der Waals surface area contributed by atoms with E-state index in [4.69, 9.17) is 9.84 Å². The summed E-state index contributed by atoms with van der Waals surface area (Å²) in [6.07, 6.45) is -4.49. The highest BCUT2D eigenvalue weighted by molar-refractivity contribution is 4.91. The van der Waals surface area contributed by atoms with E-state index in [1.165, 1.54) is 7.05 Å². The fraction of sp³-hybridized carbons (Fsp3) is 1.00. The van der Waals surface area contributed by atoms with Crippen molar-refractivity contribution in [3.05, 3.63) is 0 Å². The summed E-state index contributed by atoms with van der Waals surface area (Å²) in [6.45, 7) is -0.439. The number of likely N-dealkylation sites (N-methyl/N-ethyl adjacent to an activating group) is 1. The van der Waals surface area contributed by atoms with Crippen molar-refractivity contribution >= 4 is 0 Å². The number of aliphatic hydroxyl groups is 4. The van der Waals surface area contributed by atoms with Crippen molar-refractivity contribution in [1.82, 2.24) is 5.32 Å². The van der Waals surface area contributed by atoms with E-state index in [1.54, 1.807) is 0 Å². The molecule has 1 fully saturated rings. The first-order valence-corrected chi connectivity index (χ1v) is 4.09. The molecule has 1 unspecified atom stereocenters. The first kappa shape index (κ1) is 10.8. The molecule has 5 N–H and O–H groups in total. The zero-order valence-corrected chi connectivity index (χ0v) is 7.29. The molecule has 78 valence electrons. The summed E-state index contributed by atoms with van der Waals surface area (Å²) in [5.74, 6) is 0. The largest absolute Gasteiger partial charge is 0.394 e. The maximum atomic E-state index is 9.45. The van der Waals surface area contributed by atoms with E-state index in [1.807, 2.05) is 0 Å². The molecule has 0 aromatic carbocycles. The fourth-order valence-electron chi connectivity index (χ4n) is 1.41. The predicted octanol–water partition coefficient (Wildman–Crippen LogP) is -2.99. The number of aliphatic hydroxyl groups excluding tert-OH is 4. The molecular weight excluding hydrogens is 178 g/mol. The Morgan fingerprint density at radius 2 is 1.85 bits per heavy atom. The summed E-state index contributed by atoms with van der Waals surface area (Å²) in [6, 6.07) is -0.738. The molecule has 6 heteroatoms. The zero-order chi connectivity index (χ0) is 10.0. The lowest BCUT2D eigenvalue weighted by Gasteiger charge is -2.39. The lowest BCUT2D eigenvalue weighted by atomic mass is 9.97. The lowest BCUT2D eigenvalue weighted by molar-refractivity contribution is -0.253. The van der Waals surface area contributed by atoms with Gasteiger partial charge in [-0.25, -0.2) is 0 Å². The topological polar surface area (TPSA) is 102 Å². The Labute approximate surface area is 75.8 Å². The van der Waals surface area contributed by atoms with Gasteiger partial charge in [-0.3, -0.25) is 0 Å². The van der Waals surface area contributed by atoms with Gasteiger partial charge in [-0.2, -0.15) is 0 Å². The first-order chi connectivity index (χ1) is 6.11. The van der Waals surface area contributed by atoms with E-state index >= 15 is 0 Å². The Kier molecular flexibility index (Phi) is 3.60. The highest BCUT2D eigenvalue weighted by Gasteiger charge is 2.42. The molecule has 1 aliphatic heterocycles. The summed E-state index contributed by atoms with van der Waals surface area (Å²) in [5.41, 5.74) is 0. The maximum absolute atomic E-state index is 9.45. The Bertz CT molecular complexity index is 167. The Morgan fingerprint density at radius 3 is 2.31 bits per heavy atom. The van der Waals surface area contributed by atoms with Gasteiger partial charge in [0, 0.05) is 0 Å². The summed E-state index contributed by atoms with van der Waals surface area (Å²) in [5, 5.41) is 39.4. The molecule has 0 amide bonds. The second-order valence-electron chi connectivity index (χ2n) is 3.04. The van der Waals surface area contributed by atoms with Crippen LogP contribution in [0.3, 0.4) is 0 Å². The molecule has 13 heavy (non-hydrogen) atoms. The minimum absolute atomic E-state index is 0.439. The molecule has 0 saturated carbocycles. The molecular formula is C7H15NO5. The quantitative estimate of drug-likeness (QED) is 0.320. The van der Waals surface area contributed by atoms with Gasteiger partial charge in [0.25, 0.3) is 0 Å². The highest BCUT2D eigenvalue weighted by Crippen LogP contribution is 2.18. The number of rotatable bonds is 2. The molecule has 6 nitrogen and oxygen atoms in total. The third-order valence-electron chi connectivity index (χ3n) is 2.23. The predicted molar refractivity (Wildman–Crippen MR) is 42.8 cm³/mol.